The molecule has 27 heavy (non-hydrogen) atoms. The van der Waals surface area contributed by atoms with Crippen molar-refractivity contribution < 1.29 is 4.39 Å². The molecular formula is C18H19FN8. The van der Waals surface area contributed by atoms with Gasteiger partial charge in [-0.3, -0.25) is 5.10 Å². The summed E-state index contributed by atoms with van der Waals surface area (Å²) in [6.07, 6.45) is 2.13. The summed E-state index contributed by atoms with van der Waals surface area (Å²) >= 11 is 0. The van der Waals surface area contributed by atoms with Gasteiger partial charge >= 0.3 is 0 Å². The fraction of sp³-hybridized carbons (Fsp3) is 0.333. The van der Waals surface area contributed by atoms with E-state index < -0.39 is 5.54 Å². The molecular weight excluding hydrogens is 347 g/mol. The van der Waals surface area contributed by atoms with E-state index in [2.05, 4.69) is 31.6 Å². The van der Waals surface area contributed by atoms with Gasteiger partial charge in [-0.05, 0) is 25.0 Å². The number of hydrogen-bond acceptors (Lipinski definition) is 7. The van der Waals surface area contributed by atoms with Gasteiger partial charge in [0.05, 0.1) is 16.6 Å². The molecule has 1 saturated heterocycles. The summed E-state index contributed by atoms with van der Waals surface area (Å²) in [5.74, 6) is 0.380. The largest absolute Gasteiger partial charge is 0.381 e. The molecule has 1 fully saturated rings. The maximum atomic E-state index is 14.2. The molecule has 3 heterocycles. The second-order valence-electron chi connectivity index (χ2n) is 6.93. The highest BCUT2D eigenvalue weighted by Crippen LogP contribution is 2.30. The Morgan fingerprint density at radius 2 is 2.30 bits per heavy atom. The van der Waals surface area contributed by atoms with Crippen LogP contribution in [0.1, 0.15) is 17.7 Å². The number of halogens is 1. The van der Waals surface area contributed by atoms with Crippen molar-refractivity contribution in [1.29, 1.82) is 5.26 Å². The van der Waals surface area contributed by atoms with Crippen LogP contribution >= 0.6 is 0 Å². The SMILES string of the molecule is Cc1cccc(NCC2(N)CCN(c3ncnc4n[nH]c(C#N)c34)C2)c1F. The lowest BCUT2D eigenvalue weighted by atomic mass is 10.00. The lowest BCUT2D eigenvalue weighted by molar-refractivity contribution is 0.497. The van der Waals surface area contributed by atoms with Crippen LogP contribution in [0.4, 0.5) is 15.9 Å². The zero-order chi connectivity index (χ0) is 19.0. The maximum Gasteiger partial charge on any atom is 0.187 e. The number of nitrogens with zero attached hydrogens (tertiary/aromatic N) is 5. The van der Waals surface area contributed by atoms with Gasteiger partial charge in [0.1, 0.15) is 29.7 Å². The molecule has 4 rings (SSSR count). The van der Waals surface area contributed by atoms with E-state index in [4.69, 9.17) is 5.73 Å². The summed E-state index contributed by atoms with van der Waals surface area (Å²) < 4.78 is 14.2. The number of fused-ring (bicyclic) bond motifs is 1. The number of rotatable bonds is 4. The van der Waals surface area contributed by atoms with Gasteiger partial charge in [0.15, 0.2) is 5.65 Å². The number of aromatic nitrogens is 4. The minimum atomic E-state index is -0.552. The van der Waals surface area contributed by atoms with E-state index in [9.17, 15) is 9.65 Å². The molecule has 3 aromatic rings. The molecule has 4 N–H and O–H groups in total. The Morgan fingerprint density at radius 1 is 1.44 bits per heavy atom. The van der Waals surface area contributed by atoms with E-state index in [1.54, 1.807) is 19.1 Å². The van der Waals surface area contributed by atoms with E-state index in [1.165, 1.54) is 6.33 Å². The maximum absolute atomic E-state index is 14.2. The number of benzene rings is 1. The standard InChI is InChI=1S/C18H19FN8/c1-11-3-2-4-12(15(11)19)22-8-18(21)5-6-27(9-18)17-14-13(7-20)25-26-16(14)23-10-24-17/h2-4,10,22H,5-6,8-9,21H2,1H3,(H,23,24,25,26). The quantitative estimate of drug-likeness (QED) is 0.643. The molecule has 138 valence electrons. The molecule has 1 atom stereocenters. The molecule has 1 aromatic carbocycles. The molecule has 1 unspecified atom stereocenters. The first-order valence-corrected chi connectivity index (χ1v) is 8.63. The first-order chi connectivity index (χ1) is 13.0. The lowest BCUT2D eigenvalue weighted by Gasteiger charge is -2.26. The lowest BCUT2D eigenvalue weighted by Crippen LogP contribution is -2.48. The monoisotopic (exact) mass is 366 g/mol. The highest BCUT2D eigenvalue weighted by atomic mass is 19.1. The smallest absolute Gasteiger partial charge is 0.187 e. The number of nitriles is 1. The second-order valence-corrected chi connectivity index (χ2v) is 6.93. The molecule has 0 saturated carbocycles. The Bertz CT molecular complexity index is 1040. The summed E-state index contributed by atoms with van der Waals surface area (Å²) in [5, 5.41) is 19.7. The predicted octanol–water partition coefficient (Wildman–Crippen LogP) is 1.69. The summed E-state index contributed by atoms with van der Waals surface area (Å²) in [4.78, 5) is 10.5. The third-order valence-electron chi connectivity index (χ3n) is 4.95. The number of aromatic amines is 1. The van der Waals surface area contributed by atoms with Crippen LogP contribution in [0.5, 0.6) is 0 Å². The number of nitrogens with one attached hydrogen (secondary N) is 2. The van der Waals surface area contributed by atoms with Crippen LogP contribution < -0.4 is 16.0 Å². The molecule has 1 aliphatic rings. The highest BCUT2D eigenvalue weighted by molar-refractivity contribution is 5.91. The third kappa shape index (κ3) is 3.04. The molecule has 0 radical (unpaired) electrons. The summed E-state index contributed by atoms with van der Waals surface area (Å²) in [5.41, 5.74) is 7.82. The van der Waals surface area contributed by atoms with Crippen molar-refractivity contribution in [2.45, 2.75) is 18.9 Å². The van der Waals surface area contributed by atoms with Gasteiger partial charge in [0.25, 0.3) is 0 Å². The molecule has 0 bridgehead atoms. The molecule has 0 aliphatic carbocycles. The molecule has 0 spiro atoms. The van der Waals surface area contributed by atoms with Gasteiger partial charge in [0.2, 0.25) is 0 Å². The fourth-order valence-corrected chi connectivity index (χ4v) is 3.44. The summed E-state index contributed by atoms with van der Waals surface area (Å²) in [6.45, 7) is 3.36. The van der Waals surface area contributed by atoms with Crippen molar-refractivity contribution in [2.75, 3.05) is 29.9 Å². The predicted molar refractivity (Wildman–Crippen MR) is 99.8 cm³/mol. The van der Waals surface area contributed by atoms with E-state index in [-0.39, 0.29) is 5.82 Å². The van der Waals surface area contributed by atoms with Crippen LogP contribution in [-0.4, -0.2) is 45.3 Å². The molecule has 1 aliphatic heterocycles. The van der Waals surface area contributed by atoms with Crippen molar-refractivity contribution in [3.8, 4) is 6.07 Å². The summed E-state index contributed by atoms with van der Waals surface area (Å²) in [6, 6.07) is 7.33. The van der Waals surface area contributed by atoms with Gasteiger partial charge < -0.3 is 16.0 Å². The van der Waals surface area contributed by atoms with Gasteiger partial charge in [-0.25, -0.2) is 14.4 Å². The third-order valence-corrected chi connectivity index (χ3v) is 4.95. The van der Waals surface area contributed by atoms with Crippen molar-refractivity contribution in [2.24, 2.45) is 5.73 Å². The van der Waals surface area contributed by atoms with E-state index in [0.29, 0.717) is 59.9 Å². The van der Waals surface area contributed by atoms with Gasteiger partial charge in [-0.1, -0.05) is 12.1 Å². The number of nitrogens with two attached hydrogens (primary N) is 1. The Morgan fingerprint density at radius 3 is 3.11 bits per heavy atom. The summed E-state index contributed by atoms with van der Waals surface area (Å²) in [7, 11) is 0. The van der Waals surface area contributed by atoms with Crippen molar-refractivity contribution in [1.82, 2.24) is 20.2 Å². The molecule has 0 amide bonds. The van der Waals surface area contributed by atoms with Crippen molar-refractivity contribution in [3.63, 3.8) is 0 Å². The Balaban J connectivity index is 1.54. The normalized spacial score (nSPS) is 19.4. The van der Waals surface area contributed by atoms with E-state index in [1.807, 2.05) is 11.0 Å². The Hall–Kier alpha value is -3.25. The van der Waals surface area contributed by atoms with E-state index in [0.717, 1.165) is 0 Å². The number of anilines is 2. The van der Waals surface area contributed by atoms with Gasteiger partial charge in [-0.15, -0.1) is 0 Å². The molecule has 2 aromatic heterocycles. The highest BCUT2D eigenvalue weighted by Gasteiger charge is 2.36. The topological polar surface area (TPSA) is 120 Å². The number of aryl methyl sites for hydroxylation is 1. The second kappa shape index (κ2) is 6.48. The Labute approximate surface area is 155 Å². The number of hydrogen-bond donors (Lipinski definition) is 3. The van der Waals surface area contributed by atoms with Crippen LogP contribution in [0.25, 0.3) is 11.0 Å². The van der Waals surface area contributed by atoms with Gasteiger partial charge in [-0.2, -0.15) is 10.4 Å². The zero-order valence-corrected chi connectivity index (χ0v) is 14.8. The molecule has 9 heteroatoms. The molecule has 8 nitrogen and oxygen atoms in total. The van der Waals surface area contributed by atoms with E-state index >= 15 is 0 Å². The minimum Gasteiger partial charge on any atom is -0.381 e. The first kappa shape index (κ1) is 17.2. The minimum absolute atomic E-state index is 0.259. The zero-order valence-electron chi connectivity index (χ0n) is 14.8. The van der Waals surface area contributed by atoms with Gasteiger partial charge in [0, 0.05) is 19.6 Å². The first-order valence-electron chi connectivity index (χ1n) is 8.63. The Kier molecular flexibility index (Phi) is 4.12. The van der Waals surface area contributed by atoms with Crippen LogP contribution in [0.3, 0.4) is 0 Å². The van der Waals surface area contributed by atoms with Crippen LogP contribution in [0.15, 0.2) is 24.5 Å². The van der Waals surface area contributed by atoms with Crippen molar-refractivity contribution >= 4 is 22.5 Å². The van der Waals surface area contributed by atoms with Crippen LogP contribution in [0, 0.1) is 24.1 Å². The van der Waals surface area contributed by atoms with Crippen molar-refractivity contribution in [3.05, 3.63) is 41.6 Å². The fourth-order valence-electron chi connectivity index (χ4n) is 3.44. The average molecular weight is 366 g/mol. The van der Waals surface area contributed by atoms with Crippen LogP contribution in [0.2, 0.25) is 0 Å². The van der Waals surface area contributed by atoms with Crippen LogP contribution in [-0.2, 0) is 0 Å². The average Bonchev–Trinajstić information content (AvgIpc) is 3.27. The number of H-pyrrole nitrogens is 1.